The Bertz CT molecular complexity index is 1480. The topological polar surface area (TPSA) is 92.2 Å². The molecule has 3 aromatic heterocycles. The zero-order chi connectivity index (χ0) is 22.9. The maximum absolute atomic E-state index is 13.3. The summed E-state index contributed by atoms with van der Waals surface area (Å²) in [7, 11) is 0. The Kier molecular flexibility index (Phi) is 5.72. The van der Waals surface area contributed by atoms with Gasteiger partial charge < -0.3 is 9.88 Å². The molecule has 1 aromatic carbocycles. The van der Waals surface area contributed by atoms with Crippen LogP contribution in [0.4, 0.5) is 0 Å². The zero-order valence-electron chi connectivity index (χ0n) is 18.1. The van der Waals surface area contributed by atoms with E-state index in [1.807, 2.05) is 18.2 Å². The number of hydrogen-bond acceptors (Lipinski definition) is 4. The number of amides is 1. The van der Waals surface area contributed by atoms with Crippen molar-refractivity contribution in [3.63, 3.8) is 0 Å². The predicted octanol–water partition coefficient (Wildman–Crippen LogP) is 3.89. The number of carbonyl (C=O) groups excluding carboxylic acids is 1. The summed E-state index contributed by atoms with van der Waals surface area (Å²) in [4.78, 5) is 31.2. The first-order valence-electron chi connectivity index (χ1n) is 11.2. The smallest absolute Gasteiger partial charge is 0.267 e. The summed E-state index contributed by atoms with van der Waals surface area (Å²) in [6, 6.07) is 14.3. The van der Waals surface area contributed by atoms with E-state index in [4.69, 9.17) is 17.0 Å². The van der Waals surface area contributed by atoms with Crippen LogP contribution < -0.4 is 16.4 Å². The standard InChI is InChI=1S/C25H24ClN5O2/c26-20-11-5-4-8-16(20)15-31-22(27)18(24(32)28-17-9-2-1-3-10-17)14-19-23(31)29-21-12-6-7-13-30(21)25(19)33/h4-8,11-14,17,27H,1-3,9-10,15H2,(H,28,32). The number of nitrogens with one attached hydrogen (secondary N) is 2. The highest BCUT2D eigenvalue weighted by Gasteiger charge is 2.21. The van der Waals surface area contributed by atoms with Gasteiger partial charge in [0.25, 0.3) is 11.5 Å². The second-order valence-electron chi connectivity index (χ2n) is 8.48. The molecule has 168 valence electrons. The van der Waals surface area contributed by atoms with Crippen molar-refractivity contribution in [3.05, 3.63) is 86.7 Å². The van der Waals surface area contributed by atoms with Crippen LogP contribution in [0.1, 0.15) is 48.0 Å². The van der Waals surface area contributed by atoms with Crippen LogP contribution >= 0.6 is 11.6 Å². The average Bonchev–Trinajstić information content (AvgIpc) is 2.83. The van der Waals surface area contributed by atoms with Gasteiger partial charge in [0.15, 0.2) is 0 Å². The van der Waals surface area contributed by atoms with Crippen molar-refractivity contribution in [1.29, 1.82) is 5.41 Å². The van der Waals surface area contributed by atoms with Gasteiger partial charge in [-0.1, -0.05) is 55.1 Å². The van der Waals surface area contributed by atoms with E-state index in [9.17, 15) is 9.59 Å². The van der Waals surface area contributed by atoms with E-state index in [-0.39, 0.29) is 40.5 Å². The fourth-order valence-electron chi connectivity index (χ4n) is 4.52. The van der Waals surface area contributed by atoms with Crippen molar-refractivity contribution in [3.8, 4) is 0 Å². The molecule has 3 heterocycles. The number of rotatable bonds is 4. The first kappa shape index (κ1) is 21.4. The van der Waals surface area contributed by atoms with Gasteiger partial charge in [0, 0.05) is 17.3 Å². The number of fused-ring (bicyclic) bond motifs is 2. The van der Waals surface area contributed by atoms with Crippen molar-refractivity contribution >= 4 is 34.2 Å². The first-order valence-corrected chi connectivity index (χ1v) is 11.5. The van der Waals surface area contributed by atoms with Gasteiger partial charge in [-0.15, -0.1) is 0 Å². The first-order chi connectivity index (χ1) is 16.0. The summed E-state index contributed by atoms with van der Waals surface area (Å²) in [5.41, 5.74) is 1.49. The van der Waals surface area contributed by atoms with Gasteiger partial charge in [0.1, 0.15) is 16.8 Å². The van der Waals surface area contributed by atoms with Crippen LogP contribution in [0.3, 0.4) is 0 Å². The van der Waals surface area contributed by atoms with E-state index >= 15 is 0 Å². The minimum absolute atomic E-state index is 0.00269. The Morgan fingerprint density at radius 3 is 2.67 bits per heavy atom. The van der Waals surface area contributed by atoms with Crippen molar-refractivity contribution in [2.75, 3.05) is 0 Å². The molecule has 1 aliphatic carbocycles. The molecule has 33 heavy (non-hydrogen) atoms. The summed E-state index contributed by atoms with van der Waals surface area (Å²) >= 11 is 6.40. The largest absolute Gasteiger partial charge is 0.349 e. The monoisotopic (exact) mass is 461 g/mol. The number of carbonyl (C=O) groups is 1. The number of halogens is 1. The SMILES string of the molecule is N=c1c(C(=O)NC2CCCCC2)cc2c(=O)n3ccccc3nc2n1Cc1ccccc1Cl. The summed E-state index contributed by atoms with van der Waals surface area (Å²) in [6.07, 6.45) is 6.86. The highest BCUT2D eigenvalue weighted by Crippen LogP contribution is 2.20. The van der Waals surface area contributed by atoms with Gasteiger partial charge in [-0.3, -0.25) is 19.4 Å². The van der Waals surface area contributed by atoms with Crippen LogP contribution in [-0.2, 0) is 6.54 Å². The third kappa shape index (κ3) is 4.04. The predicted molar refractivity (Wildman–Crippen MR) is 128 cm³/mol. The quantitative estimate of drug-likeness (QED) is 0.451. The Morgan fingerprint density at radius 1 is 1.12 bits per heavy atom. The number of nitrogens with zero attached hydrogens (tertiary/aromatic N) is 3. The number of pyridine rings is 2. The molecule has 8 heteroatoms. The summed E-state index contributed by atoms with van der Waals surface area (Å²) in [6.45, 7) is 0.217. The molecule has 1 saturated carbocycles. The van der Waals surface area contributed by atoms with Crippen molar-refractivity contribution < 1.29 is 4.79 Å². The Labute approximate surface area is 195 Å². The lowest BCUT2D eigenvalue weighted by atomic mass is 9.95. The van der Waals surface area contributed by atoms with E-state index in [0.29, 0.717) is 16.3 Å². The minimum atomic E-state index is -0.334. The lowest BCUT2D eigenvalue weighted by Gasteiger charge is -2.23. The van der Waals surface area contributed by atoms with Gasteiger partial charge in [-0.2, -0.15) is 0 Å². The van der Waals surface area contributed by atoms with E-state index in [1.54, 1.807) is 35.0 Å². The van der Waals surface area contributed by atoms with Crippen molar-refractivity contribution in [1.82, 2.24) is 19.3 Å². The molecule has 1 aliphatic rings. The molecule has 2 N–H and O–H groups in total. The Hall–Kier alpha value is -3.45. The summed E-state index contributed by atoms with van der Waals surface area (Å²) in [5, 5.41) is 12.8. The highest BCUT2D eigenvalue weighted by atomic mass is 35.5. The molecule has 0 saturated heterocycles. The molecule has 7 nitrogen and oxygen atoms in total. The van der Waals surface area contributed by atoms with Crippen LogP contribution in [0.25, 0.3) is 16.7 Å². The minimum Gasteiger partial charge on any atom is -0.349 e. The van der Waals surface area contributed by atoms with E-state index in [1.165, 1.54) is 16.9 Å². The number of benzene rings is 1. The molecule has 0 aliphatic heterocycles. The third-order valence-electron chi connectivity index (χ3n) is 6.29. The molecule has 1 fully saturated rings. The fraction of sp³-hybridized carbons (Fsp3) is 0.280. The molecule has 0 unspecified atom stereocenters. The summed E-state index contributed by atoms with van der Waals surface area (Å²) < 4.78 is 3.05. The normalized spacial score (nSPS) is 14.6. The molecule has 1 amide bonds. The fourth-order valence-corrected chi connectivity index (χ4v) is 4.72. The second-order valence-corrected chi connectivity index (χ2v) is 8.88. The molecule has 5 rings (SSSR count). The maximum Gasteiger partial charge on any atom is 0.267 e. The lowest BCUT2D eigenvalue weighted by molar-refractivity contribution is 0.0925. The van der Waals surface area contributed by atoms with Gasteiger partial charge in [0.05, 0.1) is 17.5 Å². The van der Waals surface area contributed by atoms with E-state index < -0.39 is 0 Å². The van der Waals surface area contributed by atoms with Crippen LogP contribution in [0.15, 0.2) is 59.5 Å². The van der Waals surface area contributed by atoms with Gasteiger partial charge >= 0.3 is 0 Å². The van der Waals surface area contributed by atoms with Crippen molar-refractivity contribution in [2.45, 2.75) is 44.7 Å². The molecule has 0 spiro atoms. The van der Waals surface area contributed by atoms with Crippen LogP contribution in [0.2, 0.25) is 5.02 Å². The van der Waals surface area contributed by atoms with Crippen LogP contribution in [0.5, 0.6) is 0 Å². The lowest BCUT2D eigenvalue weighted by Crippen LogP contribution is -2.40. The number of hydrogen-bond donors (Lipinski definition) is 2. The zero-order valence-corrected chi connectivity index (χ0v) is 18.8. The third-order valence-corrected chi connectivity index (χ3v) is 6.66. The van der Waals surface area contributed by atoms with Gasteiger partial charge in [-0.05, 0) is 42.7 Å². The van der Waals surface area contributed by atoms with E-state index in [0.717, 1.165) is 31.2 Å². The van der Waals surface area contributed by atoms with Crippen LogP contribution in [-0.4, -0.2) is 25.9 Å². The Balaban J connectivity index is 1.71. The molecule has 0 radical (unpaired) electrons. The average molecular weight is 462 g/mol. The Morgan fingerprint density at radius 2 is 1.88 bits per heavy atom. The molecule has 4 aromatic rings. The number of aromatic nitrogens is 3. The van der Waals surface area contributed by atoms with E-state index in [2.05, 4.69) is 10.3 Å². The van der Waals surface area contributed by atoms with Gasteiger partial charge in [0.2, 0.25) is 0 Å². The van der Waals surface area contributed by atoms with Gasteiger partial charge in [-0.25, -0.2) is 4.98 Å². The second kappa shape index (κ2) is 8.83. The van der Waals surface area contributed by atoms with Crippen LogP contribution in [0, 0.1) is 5.41 Å². The highest BCUT2D eigenvalue weighted by molar-refractivity contribution is 6.31. The summed E-state index contributed by atoms with van der Waals surface area (Å²) in [5.74, 6) is -0.334. The molecule has 0 atom stereocenters. The maximum atomic E-state index is 13.3. The molecular weight excluding hydrogens is 438 g/mol. The van der Waals surface area contributed by atoms with Crippen molar-refractivity contribution in [2.24, 2.45) is 0 Å². The molecular formula is C25H24ClN5O2. The molecule has 0 bridgehead atoms.